The van der Waals surface area contributed by atoms with E-state index in [0.29, 0.717) is 29.2 Å². The van der Waals surface area contributed by atoms with Crippen molar-refractivity contribution in [1.29, 1.82) is 0 Å². The quantitative estimate of drug-likeness (QED) is 0.319. The summed E-state index contributed by atoms with van der Waals surface area (Å²) < 4.78 is 17.2. The van der Waals surface area contributed by atoms with Gasteiger partial charge in [-0.3, -0.25) is 9.69 Å². The zero-order valence-corrected chi connectivity index (χ0v) is 22.8. The van der Waals surface area contributed by atoms with Crippen LogP contribution in [0.4, 0.5) is 10.2 Å². The maximum absolute atomic E-state index is 15.7. The maximum Gasteiger partial charge on any atom is 0.262 e. The van der Waals surface area contributed by atoms with Crippen molar-refractivity contribution in [2.45, 2.75) is 25.8 Å². The molecule has 10 nitrogen and oxygen atoms in total. The molecule has 204 valence electrons. The Balaban J connectivity index is 1.29. The molecule has 5 heterocycles. The molecular weight excluding hydrogens is 541 g/mol. The number of piperidine rings is 1. The van der Waals surface area contributed by atoms with Crippen LogP contribution in [-0.2, 0) is 0 Å². The van der Waals surface area contributed by atoms with Gasteiger partial charge in [0.15, 0.2) is 5.65 Å². The molecule has 1 atom stereocenters. The van der Waals surface area contributed by atoms with Crippen molar-refractivity contribution in [3.8, 4) is 16.3 Å². The lowest BCUT2D eigenvalue weighted by atomic mass is 10.0. The van der Waals surface area contributed by atoms with Gasteiger partial charge in [0.05, 0.1) is 17.3 Å². The number of aryl methyl sites for hydroxylation is 1. The van der Waals surface area contributed by atoms with Crippen molar-refractivity contribution in [2.75, 3.05) is 18.0 Å². The van der Waals surface area contributed by atoms with Crippen molar-refractivity contribution in [3.05, 3.63) is 83.4 Å². The van der Waals surface area contributed by atoms with E-state index in [1.807, 2.05) is 31.2 Å². The minimum atomic E-state index is -0.657. The minimum Gasteiger partial charge on any atom is -0.315 e. The minimum absolute atomic E-state index is 0.0449. The number of halogens is 1. The lowest BCUT2D eigenvalue weighted by molar-refractivity contribution is 0.0968. The van der Waals surface area contributed by atoms with Crippen molar-refractivity contribution in [2.24, 2.45) is 0 Å². The van der Waals surface area contributed by atoms with E-state index in [9.17, 15) is 4.79 Å². The fourth-order valence-electron chi connectivity index (χ4n) is 5.27. The van der Waals surface area contributed by atoms with Crippen LogP contribution in [0.1, 0.15) is 28.2 Å². The zero-order valence-electron chi connectivity index (χ0n) is 22.0. The number of nitrogens with one attached hydrogen (secondary N) is 1. The van der Waals surface area contributed by atoms with Crippen LogP contribution in [0.3, 0.4) is 0 Å². The van der Waals surface area contributed by atoms with Crippen LogP contribution in [0.2, 0.25) is 0 Å². The van der Waals surface area contributed by atoms with Crippen molar-refractivity contribution >= 4 is 45.0 Å². The Morgan fingerprint density at radius 1 is 1.07 bits per heavy atom. The number of anilines is 1. The summed E-state index contributed by atoms with van der Waals surface area (Å²) in [4.78, 5) is 24.8. The molecule has 1 saturated heterocycles. The highest BCUT2D eigenvalue weighted by Gasteiger charge is 2.31. The number of carbonyl (C=O) groups excluding carboxylic acids is 1. The SMILES string of the molecule is Cc1nnc(-c2ccc3c(N(C(=O)c4ccc(-n5nnc6cccnc65)cc4F)[C@@H]4CCCNC4)nccc3c2)s1. The number of aromatic nitrogens is 7. The molecule has 12 heteroatoms. The molecule has 4 aromatic heterocycles. The van der Waals surface area contributed by atoms with Gasteiger partial charge in [-0.1, -0.05) is 22.6 Å². The van der Waals surface area contributed by atoms with E-state index in [2.05, 4.69) is 35.8 Å². The number of benzene rings is 2. The standard InChI is InChI=1S/C29H24FN9OS/c1-17-34-36-28(41-17)19-6-8-22-18(14-19)10-13-33-26(22)38(21-4-2-11-31-16-21)29(40)23-9-7-20(15-24(23)30)39-27-25(35-37-39)5-3-12-32-27/h3,5-10,12-15,21,31H,2,4,11,16H2,1H3/t21-/m1/s1. The van der Waals surface area contributed by atoms with Crippen LogP contribution < -0.4 is 10.2 Å². The van der Waals surface area contributed by atoms with Gasteiger partial charge in [-0.25, -0.2) is 14.4 Å². The monoisotopic (exact) mass is 565 g/mol. The first-order valence-corrected chi connectivity index (χ1v) is 14.1. The Labute approximate surface area is 237 Å². The van der Waals surface area contributed by atoms with E-state index < -0.39 is 11.7 Å². The number of amides is 1. The summed E-state index contributed by atoms with van der Waals surface area (Å²) in [5, 5.41) is 23.4. The second-order valence-corrected chi connectivity index (χ2v) is 11.1. The van der Waals surface area contributed by atoms with Crippen molar-refractivity contribution < 1.29 is 9.18 Å². The van der Waals surface area contributed by atoms with Gasteiger partial charge in [0.1, 0.15) is 27.2 Å². The summed E-state index contributed by atoms with van der Waals surface area (Å²) in [7, 11) is 0. The van der Waals surface area contributed by atoms with Crippen LogP contribution in [0, 0.1) is 12.7 Å². The summed E-state index contributed by atoms with van der Waals surface area (Å²) in [6, 6.07) is 15.6. The van der Waals surface area contributed by atoms with Gasteiger partial charge in [0.25, 0.3) is 5.91 Å². The Hall–Kier alpha value is -4.68. The molecule has 6 aromatic rings. The van der Waals surface area contributed by atoms with Gasteiger partial charge in [0.2, 0.25) is 0 Å². The van der Waals surface area contributed by atoms with Gasteiger partial charge < -0.3 is 5.32 Å². The molecule has 1 aliphatic rings. The lowest BCUT2D eigenvalue weighted by Gasteiger charge is -2.34. The Morgan fingerprint density at radius 2 is 2.00 bits per heavy atom. The third-order valence-corrected chi connectivity index (χ3v) is 8.12. The number of hydrogen-bond acceptors (Lipinski definition) is 9. The summed E-state index contributed by atoms with van der Waals surface area (Å²) >= 11 is 1.52. The third kappa shape index (κ3) is 4.60. The number of pyridine rings is 2. The number of fused-ring (bicyclic) bond motifs is 2. The van der Waals surface area contributed by atoms with E-state index in [4.69, 9.17) is 0 Å². The molecule has 0 saturated carbocycles. The zero-order chi connectivity index (χ0) is 27.9. The third-order valence-electron chi connectivity index (χ3n) is 7.24. The first-order chi connectivity index (χ1) is 20.1. The molecule has 0 unspecified atom stereocenters. The van der Waals surface area contributed by atoms with Gasteiger partial charge in [0, 0.05) is 36.0 Å². The molecule has 1 N–H and O–H groups in total. The second-order valence-electron chi connectivity index (χ2n) is 9.88. The summed E-state index contributed by atoms with van der Waals surface area (Å²) in [6.07, 6.45) is 4.98. The van der Waals surface area contributed by atoms with E-state index in [0.717, 1.165) is 45.7 Å². The summed E-state index contributed by atoms with van der Waals surface area (Å²) in [5.41, 5.74) is 2.42. The largest absolute Gasteiger partial charge is 0.315 e. The van der Waals surface area contributed by atoms with Crippen LogP contribution in [-0.4, -0.2) is 60.2 Å². The van der Waals surface area contributed by atoms with Crippen molar-refractivity contribution in [3.63, 3.8) is 0 Å². The molecule has 1 aliphatic heterocycles. The molecule has 2 aromatic carbocycles. The van der Waals surface area contributed by atoms with Crippen LogP contribution in [0.5, 0.6) is 0 Å². The summed E-state index contributed by atoms with van der Waals surface area (Å²) in [6.45, 7) is 3.37. The fraction of sp³-hybridized carbons (Fsp3) is 0.207. The fourth-order valence-corrected chi connectivity index (χ4v) is 5.95. The number of carbonyl (C=O) groups is 1. The van der Waals surface area contributed by atoms with Crippen molar-refractivity contribution in [1.82, 2.24) is 40.5 Å². The van der Waals surface area contributed by atoms with E-state index in [-0.39, 0.29) is 11.6 Å². The second kappa shape index (κ2) is 10.4. The highest BCUT2D eigenvalue weighted by atomic mass is 32.1. The van der Waals surface area contributed by atoms with Crippen LogP contribution in [0.25, 0.3) is 38.2 Å². The molecule has 41 heavy (non-hydrogen) atoms. The maximum atomic E-state index is 15.7. The average molecular weight is 566 g/mol. The number of nitrogens with zero attached hydrogens (tertiary/aromatic N) is 8. The molecule has 0 spiro atoms. The van der Waals surface area contributed by atoms with Gasteiger partial charge >= 0.3 is 0 Å². The molecule has 0 bridgehead atoms. The number of hydrogen-bond donors (Lipinski definition) is 1. The normalized spacial score (nSPS) is 15.4. The van der Waals surface area contributed by atoms with Gasteiger partial charge in [-0.15, -0.1) is 15.3 Å². The van der Waals surface area contributed by atoms with E-state index in [1.54, 1.807) is 35.5 Å². The van der Waals surface area contributed by atoms with Gasteiger partial charge in [-0.2, -0.15) is 4.68 Å². The topological polar surface area (TPSA) is 115 Å². The predicted octanol–water partition coefficient (Wildman–Crippen LogP) is 4.73. The Bertz CT molecular complexity index is 1910. The molecule has 0 radical (unpaired) electrons. The first kappa shape index (κ1) is 25.3. The molecule has 7 rings (SSSR count). The Morgan fingerprint density at radius 3 is 2.80 bits per heavy atom. The predicted molar refractivity (Wildman–Crippen MR) is 155 cm³/mol. The summed E-state index contributed by atoms with van der Waals surface area (Å²) in [5.74, 6) is -0.612. The van der Waals surface area contributed by atoms with E-state index >= 15 is 4.39 Å². The average Bonchev–Trinajstić information content (AvgIpc) is 3.64. The van der Waals surface area contributed by atoms with Crippen LogP contribution >= 0.6 is 11.3 Å². The van der Waals surface area contributed by atoms with Gasteiger partial charge in [-0.05, 0) is 74.2 Å². The smallest absolute Gasteiger partial charge is 0.262 e. The van der Waals surface area contributed by atoms with Crippen LogP contribution in [0.15, 0.2) is 67.0 Å². The molecule has 1 fully saturated rings. The lowest BCUT2D eigenvalue weighted by Crippen LogP contribution is -2.49. The Kier molecular flexibility index (Phi) is 6.40. The molecular formula is C29H24FN9OS. The number of rotatable bonds is 5. The highest BCUT2D eigenvalue weighted by Crippen LogP contribution is 2.33. The first-order valence-electron chi connectivity index (χ1n) is 13.3. The molecule has 0 aliphatic carbocycles. The van der Waals surface area contributed by atoms with E-state index in [1.165, 1.54) is 28.2 Å². The molecule has 1 amide bonds. The highest BCUT2D eigenvalue weighted by molar-refractivity contribution is 7.14.